The fourth-order valence-corrected chi connectivity index (χ4v) is 4.12. The first-order chi connectivity index (χ1) is 13.4. The third-order valence-corrected chi connectivity index (χ3v) is 5.61. The third kappa shape index (κ3) is 3.55. The molecule has 1 amide bonds. The molecule has 0 bridgehead atoms. The van der Waals surface area contributed by atoms with E-state index >= 15 is 0 Å². The lowest BCUT2D eigenvalue weighted by Crippen LogP contribution is -2.10. The highest BCUT2D eigenvalue weighted by atomic mass is 32.1. The van der Waals surface area contributed by atoms with Gasteiger partial charge in [0, 0.05) is 41.0 Å². The van der Waals surface area contributed by atoms with Gasteiger partial charge in [-0.1, -0.05) is 0 Å². The van der Waals surface area contributed by atoms with Crippen molar-refractivity contribution in [2.24, 2.45) is 7.05 Å². The highest BCUT2D eigenvalue weighted by Crippen LogP contribution is 2.40. The molecular formula is C20H23N3O4S. The Bertz CT molecular complexity index is 998. The number of carbonyl (C=O) groups is 1. The summed E-state index contributed by atoms with van der Waals surface area (Å²) in [6.07, 6.45) is 0. The molecule has 7 nitrogen and oxygen atoms in total. The van der Waals surface area contributed by atoms with Crippen molar-refractivity contribution in [1.82, 2.24) is 9.78 Å². The molecule has 0 aliphatic rings. The molecule has 0 radical (unpaired) electrons. The summed E-state index contributed by atoms with van der Waals surface area (Å²) >= 11 is 1.43. The topological polar surface area (TPSA) is 74.6 Å². The van der Waals surface area contributed by atoms with E-state index in [1.807, 2.05) is 37.7 Å². The quantitative estimate of drug-likeness (QED) is 0.675. The molecule has 0 saturated heterocycles. The van der Waals surface area contributed by atoms with Crippen LogP contribution in [0.4, 0.5) is 5.69 Å². The molecule has 148 valence electrons. The first kappa shape index (κ1) is 19.8. The zero-order valence-electron chi connectivity index (χ0n) is 16.7. The summed E-state index contributed by atoms with van der Waals surface area (Å²) in [5.74, 6) is 1.23. The lowest BCUT2D eigenvalue weighted by molar-refractivity contribution is 0.103. The van der Waals surface area contributed by atoms with Gasteiger partial charge in [-0.2, -0.15) is 5.10 Å². The molecular weight excluding hydrogens is 378 g/mol. The van der Waals surface area contributed by atoms with Gasteiger partial charge in [-0.15, -0.1) is 11.3 Å². The Morgan fingerprint density at radius 1 is 1.07 bits per heavy atom. The van der Waals surface area contributed by atoms with Gasteiger partial charge in [-0.05, 0) is 26.0 Å². The van der Waals surface area contributed by atoms with Crippen molar-refractivity contribution in [3.63, 3.8) is 0 Å². The minimum atomic E-state index is -0.204. The van der Waals surface area contributed by atoms with Crippen molar-refractivity contribution >= 4 is 22.9 Å². The Morgan fingerprint density at radius 2 is 1.71 bits per heavy atom. The molecule has 2 heterocycles. The molecule has 0 atom stereocenters. The molecule has 1 aromatic carbocycles. The van der Waals surface area contributed by atoms with E-state index in [0.29, 0.717) is 27.8 Å². The van der Waals surface area contributed by atoms with Gasteiger partial charge in [0.1, 0.15) is 0 Å². The number of methoxy groups -OCH3 is 3. The van der Waals surface area contributed by atoms with Crippen LogP contribution in [0.1, 0.15) is 21.1 Å². The average Bonchev–Trinajstić information content (AvgIpc) is 3.25. The van der Waals surface area contributed by atoms with E-state index in [2.05, 4.69) is 10.4 Å². The molecule has 3 aromatic rings. The normalized spacial score (nSPS) is 10.6. The number of thiophene rings is 1. The number of aryl methyl sites for hydroxylation is 2. The molecule has 0 aliphatic carbocycles. The lowest BCUT2D eigenvalue weighted by Gasteiger charge is -2.14. The predicted octanol–water partition coefficient (Wildman–Crippen LogP) is 4.04. The Balaban J connectivity index is 1.87. The molecule has 8 heteroatoms. The van der Waals surface area contributed by atoms with Crippen LogP contribution in [0.2, 0.25) is 0 Å². The highest BCUT2D eigenvalue weighted by Gasteiger charge is 2.18. The van der Waals surface area contributed by atoms with E-state index in [9.17, 15) is 4.79 Å². The first-order valence-corrected chi connectivity index (χ1v) is 9.43. The smallest absolute Gasteiger partial charge is 0.265 e. The van der Waals surface area contributed by atoms with Gasteiger partial charge in [0.25, 0.3) is 5.91 Å². The maximum Gasteiger partial charge on any atom is 0.265 e. The average molecular weight is 401 g/mol. The number of nitrogens with zero attached hydrogens (tertiary/aromatic N) is 2. The summed E-state index contributed by atoms with van der Waals surface area (Å²) < 4.78 is 17.8. The van der Waals surface area contributed by atoms with E-state index in [-0.39, 0.29) is 5.91 Å². The van der Waals surface area contributed by atoms with Crippen molar-refractivity contribution in [2.45, 2.75) is 13.8 Å². The lowest BCUT2D eigenvalue weighted by atomic mass is 10.1. The Hall–Kier alpha value is -3.00. The van der Waals surface area contributed by atoms with Gasteiger partial charge in [-0.3, -0.25) is 9.48 Å². The van der Waals surface area contributed by atoms with Crippen LogP contribution in [0.5, 0.6) is 17.2 Å². The minimum absolute atomic E-state index is 0.204. The van der Waals surface area contributed by atoms with E-state index in [4.69, 9.17) is 14.2 Å². The molecule has 0 fully saturated rings. The molecule has 0 unspecified atom stereocenters. The standard InChI is InChI=1S/C20H23N3O4S/c1-11-18(12(2)23(3)22-11)16-7-8-17(28-16)20(24)21-13-9-14(25-4)19(27-6)15(10-13)26-5/h7-10H,1-6H3,(H,21,24). The molecule has 2 aromatic heterocycles. The largest absolute Gasteiger partial charge is 0.493 e. The van der Waals surface area contributed by atoms with Crippen LogP contribution >= 0.6 is 11.3 Å². The van der Waals surface area contributed by atoms with Gasteiger partial charge >= 0.3 is 0 Å². The predicted molar refractivity (Wildman–Crippen MR) is 110 cm³/mol. The second-order valence-corrected chi connectivity index (χ2v) is 7.29. The molecule has 28 heavy (non-hydrogen) atoms. The molecule has 0 aliphatic heterocycles. The second-order valence-electron chi connectivity index (χ2n) is 6.20. The highest BCUT2D eigenvalue weighted by molar-refractivity contribution is 7.17. The summed E-state index contributed by atoms with van der Waals surface area (Å²) in [6, 6.07) is 7.16. The fourth-order valence-electron chi connectivity index (χ4n) is 3.07. The van der Waals surface area contributed by atoms with Gasteiger partial charge in [0.05, 0.1) is 31.9 Å². The molecule has 0 spiro atoms. The Morgan fingerprint density at radius 3 is 2.21 bits per heavy atom. The van der Waals surface area contributed by atoms with Crippen molar-refractivity contribution in [3.8, 4) is 27.7 Å². The number of hydrogen-bond acceptors (Lipinski definition) is 6. The second kappa shape index (κ2) is 7.93. The number of hydrogen-bond donors (Lipinski definition) is 1. The zero-order valence-corrected chi connectivity index (χ0v) is 17.6. The van der Waals surface area contributed by atoms with Crippen LogP contribution in [0.3, 0.4) is 0 Å². The zero-order chi connectivity index (χ0) is 20.4. The van der Waals surface area contributed by atoms with Crippen molar-refractivity contribution in [3.05, 3.63) is 40.5 Å². The number of nitrogens with one attached hydrogen (secondary N) is 1. The summed E-state index contributed by atoms with van der Waals surface area (Å²) in [5.41, 5.74) is 3.64. The van der Waals surface area contributed by atoms with Gasteiger partial charge in [0.2, 0.25) is 5.75 Å². The first-order valence-electron chi connectivity index (χ1n) is 8.61. The van der Waals surface area contributed by atoms with E-state index in [1.54, 1.807) is 12.1 Å². The van der Waals surface area contributed by atoms with Crippen LogP contribution in [0.25, 0.3) is 10.4 Å². The Kier molecular flexibility index (Phi) is 5.60. The minimum Gasteiger partial charge on any atom is -0.493 e. The summed E-state index contributed by atoms with van der Waals surface area (Å²) in [6.45, 7) is 3.99. The maximum atomic E-state index is 12.8. The van der Waals surface area contributed by atoms with Gasteiger partial charge in [-0.25, -0.2) is 0 Å². The van der Waals surface area contributed by atoms with Crippen LogP contribution in [-0.2, 0) is 7.05 Å². The SMILES string of the molecule is COc1cc(NC(=O)c2ccc(-c3c(C)nn(C)c3C)s2)cc(OC)c1OC. The number of ether oxygens (including phenoxy) is 3. The van der Waals surface area contributed by atoms with Crippen molar-refractivity contribution in [2.75, 3.05) is 26.6 Å². The molecule has 0 saturated carbocycles. The number of anilines is 1. The van der Waals surface area contributed by atoms with Crippen molar-refractivity contribution in [1.29, 1.82) is 0 Å². The van der Waals surface area contributed by atoms with E-state index in [1.165, 1.54) is 32.7 Å². The van der Waals surface area contributed by atoms with E-state index in [0.717, 1.165) is 21.8 Å². The number of aromatic nitrogens is 2. The van der Waals surface area contributed by atoms with Gasteiger partial charge < -0.3 is 19.5 Å². The van der Waals surface area contributed by atoms with Gasteiger partial charge in [0.15, 0.2) is 11.5 Å². The molecule has 3 rings (SSSR count). The monoisotopic (exact) mass is 401 g/mol. The van der Waals surface area contributed by atoms with Crippen LogP contribution in [-0.4, -0.2) is 37.0 Å². The number of amides is 1. The Labute approximate surface area is 167 Å². The van der Waals surface area contributed by atoms with Crippen LogP contribution in [0, 0.1) is 13.8 Å². The molecule has 1 N–H and O–H groups in total. The summed E-state index contributed by atoms with van der Waals surface area (Å²) in [5, 5.41) is 7.34. The van der Waals surface area contributed by atoms with Crippen LogP contribution in [0.15, 0.2) is 24.3 Å². The summed E-state index contributed by atoms with van der Waals surface area (Å²) in [7, 11) is 6.52. The summed E-state index contributed by atoms with van der Waals surface area (Å²) in [4.78, 5) is 14.4. The number of carbonyl (C=O) groups excluding carboxylic acids is 1. The van der Waals surface area contributed by atoms with E-state index < -0.39 is 0 Å². The maximum absolute atomic E-state index is 12.8. The van der Waals surface area contributed by atoms with Crippen LogP contribution < -0.4 is 19.5 Å². The number of rotatable bonds is 6. The number of benzene rings is 1. The third-order valence-electron chi connectivity index (χ3n) is 4.51. The van der Waals surface area contributed by atoms with Crippen molar-refractivity contribution < 1.29 is 19.0 Å². The fraction of sp³-hybridized carbons (Fsp3) is 0.300.